The summed E-state index contributed by atoms with van der Waals surface area (Å²) in [4.78, 5) is 7.07. The Morgan fingerprint density at radius 2 is 2.04 bits per heavy atom. The fourth-order valence-electron chi connectivity index (χ4n) is 4.61. The van der Waals surface area contributed by atoms with Gasteiger partial charge in [0.15, 0.2) is 5.89 Å². The molecule has 27 heavy (non-hydrogen) atoms. The Morgan fingerprint density at radius 3 is 2.70 bits per heavy atom. The summed E-state index contributed by atoms with van der Waals surface area (Å²) < 4.78 is 5.78. The first-order valence-electron chi connectivity index (χ1n) is 9.25. The van der Waals surface area contributed by atoms with E-state index in [2.05, 4.69) is 22.0 Å². The van der Waals surface area contributed by atoms with Crippen molar-refractivity contribution < 1.29 is 4.42 Å². The molecular formula is C20H28Cl3N3O. The predicted molar refractivity (Wildman–Crippen MR) is 114 cm³/mol. The Hall–Kier alpha value is -0.780. The molecule has 0 radical (unpaired) electrons. The Morgan fingerprint density at radius 1 is 1.30 bits per heavy atom. The van der Waals surface area contributed by atoms with E-state index >= 15 is 0 Å². The van der Waals surface area contributed by atoms with Crippen molar-refractivity contribution in [3.05, 3.63) is 52.2 Å². The van der Waals surface area contributed by atoms with Crippen LogP contribution in [-0.2, 0) is 18.4 Å². The molecule has 2 heterocycles. The second-order valence-electron chi connectivity index (χ2n) is 7.55. The number of rotatable bonds is 3. The van der Waals surface area contributed by atoms with Gasteiger partial charge < -0.3 is 10.2 Å². The monoisotopic (exact) mass is 431 g/mol. The van der Waals surface area contributed by atoms with E-state index in [-0.39, 0.29) is 30.2 Å². The molecule has 4 nitrogen and oxygen atoms in total. The molecule has 7 heteroatoms. The molecule has 1 fully saturated rings. The molecule has 4 rings (SSSR count). The Bertz CT molecular complexity index is 757. The predicted octanol–water partition coefficient (Wildman–Crippen LogP) is 4.68. The summed E-state index contributed by atoms with van der Waals surface area (Å²) in [6.07, 6.45) is 5.58. The van der Waals surface area contributed by atoms with E-state index < -0.39 is 0 Å². The van der Waals surface area contributed by atoms with Crippen LogP contribution in [0.5, 0.6) is 0 Å². The summed E-state index contributed by atoms with van der Waals surface area (Å²) in [6.45, 7) is 4.60. The lowest BCUT2D eigenvalue weighted by atomic mass is 9.68. The fraction of sp³-hybridized carbons (Fsp3) is 0.550. The highest BCUT2D eigenvalue weighted by Crippen LogP contribution is 2.41. The van der Waals surface area contributed by atoms with E-state index in [1.54, 1.807) is 0 Å². The number of fused-ring (bicyclic) bond motifs is 1. The van der Waals surface area contributed by atoms with Gasteiger partial charge in [-0.25, -0.2) is 4.98 Å². The number of hydrogen-bond donors (Lipinski definition) is 1. The van der Waals surface area contributed by atoms with Crippen molar-refractivity contribution in [3.63, 3.8) is 0 Å². The topological polar surface area (TPSA) is 55.3 Å². The lowest BCUT2D eigenvalue weighted by Crippen LogP contribution is -2.46. The molecule has 0 amide bonds. The molecule has 2 N–H and O–H groups in total. The van der Waals surface area contributed by atoms with Crippen LogP contribution in [0, 0.1) is 6.92 Å². The first kappa shape index (κ1) is 22.5. The normalized spacial score (nSPS) is 25.2. The third kappa shape index (κ3) is 4.46. The molecule has 0 saturated heterocycles. The molecular weight excluding hydrogens is 405 g/mol. The number of nitrogens with zero attached hydrogens (tertiary/aromatic N) is 2. The van der Waals surface area contributed by atoms with Crippen LogP contribution in [0.3, 0.4) is 0 Å². The Labute approximate surface area is 178 Å². The molecule has 2 aliphatic rings. The number of nitrogens with two attached hydrogens (primary N) is 1. The summed E-state index contributed by atoms with van der Waals surface area (Å²) >= 11 is 6.22. The van der Waals surface area contributed by atoms with Crippen LogP contribution in [-0.4, -0.2) is 29.0 Å². The molecule has 1 aliphatic heterocycles. The van der Waals surface area contributed by atoms with Crippen LogP contribution in [0.15, 0.2) is 28.7 Å². The molecule has 1 aliphatic carbocycles. The fourth-order valence-corrected chi connectivity index (χ4v) is 4.80. The van der Waals surface area contributed by atoms with Crippen LogP contribution in [0.2, 0.25) is 5.02 Å². The van der Waals surface area contributed by atoms with Crippen molar-refractivity contribution in [2.45, 2.75) is 57.0 Å². The van der Waals surface area contributed by atoms with E-state index in [9.17, 15) is 0 Å². The van der Waals surface area contributed by atoms with Crippen LogP contribution in [0.25, 0.3) is 0 Å². The van der Waals surface area contributed by atoms with Gasteiger partial charge in [0.1, 0.15) is 5.76 Å². The SMILES string of the molecule is Cc1nc2c(o1)CN(C1CCC(CN)(c3cccc(Cl)c3)CC1)CC2.Cl.Cl. The van der Waals surface area contributed by atoms with Crippen LogP contribution in [0.4, 0.5) is 0 Å². The van der Waals surface area contributed by atoms with E-state index in [0.29, 0.717) is 12.6 Å². The minimum absolute atomic E-state index is 0. The van der Waals surface area contributed by atoms with Crippen molar-refractivity contribution in [3.8, 4) is 0 Å². The number of oxazole rings is 1. The zero-order valence-corrected chi connectivity index (χ0v) is 18.0. The number of hydrogen-bond acceptors (Lipinski definition) is 4. The molecule has 0 unspecified atom stereocenters. The third-order valence-corrected chi connectivity index (χ3v) is 6.36. The smallest absolute Gasteiger partial charge is 0.191 e. The highest BCUT2D eigenvalue weighted by atomic mass is 35.5. The maximum atomic E-state index is 6.23. The van der Waals surface area contributed by atoms with Crippen molar-refractivity contribution >= 4 is 36.4 Å². The molecule has 150 valence electrons. The van der Waals surface area contributed by atoms with Gasteiger partial charge in [-0.3, -0.25) is 4.90 Å². The van der Waals surface area contributed by atoms with Crippen molar-refractivity contribution in [2.24, 2.45) is 5.73 Å². The zero-order valence-electron chi connectivity index (χ0n) is 15.6. The zero-order chi connectivity index (χ0) is 17.4. The van der Waals surface area contributed by atoms with Gasteiger partial charge in [0.2, 0.25) is 0 Å². The highest BCUT2D eigenvalue weighted by Gasteiger charge is 2.38. The standard InChI is InChI=1S/C20H26ClN3O.2ClH/c1-14-23-18-7-10-24(12-19(18)25-14)17-5-8-20(13-22,9-6-17)15-3-2-4-16(21)11-15;;/h2-4,11,17H,5-10,12-13,22H2,1H3;2*1H. The molecule has 1 aromatic carbocycles. The van der Waals surface area contributed by atoms with Gasteiger partial charge in [-0.15, -0.1) is 24.8 Å². The summed E-state index contributed by atoms with van der Waals surface area (Å²) in [5.74, 6) is 1.85. The number of aromatic nitrogens is 1. The van der Waals surface area contributed by atoms with E-state index in [4.69, 9.17) is 21.8 Å². The average molecular weight is 433 g/mol. The molecule has 0 atom stereocenters. The lowest BCUT2D eigenvalue weighted by Gasteiger charge is -2.44. The van der Waals surface area contributed by atoms with Crippen LogP contribution >= 0.6 is 36.4 Å². The summed E-state index contributed by atoms with van der Waals surface area (Å²) in [6, 6.07) is 8.87. The average Bonchev–Trinajstić information content (AvgIpc) is 3.01. The number of aryl methyl sites for hydroxylation is 1. The third-order valence-electron chi connectivity index (χ3n) is 6.12. The lowest BCUT2D eigenvalue weighted by molar-refractivity contribution is 0.104. The van der Waals surface area contributed by atoms with Gasteiger partial charge in [-0.05, 0) is 43.4 Å². The number of benzene rings is 1. The first-order valence-corrected chi connectivity index (χ1v) is 9.63. The molecule has 1 saturated carbocycles. The summed E-state index contributed by atoms with van der Waals surface area (Å²) in [5, 5.41) is 0.802. The van der Waals surface area contributed by atoms with Gasteiger partial charge in [-0.2, -0.15) is 0 Å². The van der Waals surface area contributed by atoms with Gasteiger partial charge in [-0.1, -0.05) is 23.7 Å². The molecule has 0 spiro atoms. The molecule has 2 aromatic rings. The minimum Gasteiger partial charge on any atom is -0.444 e. The molecule has 0 bridgehead atoms. The van der Waals surface area contributed by atoms with Crippen molar-refractivity contribution in [1.29, 1.82) is 0 Å². The first-order chi connectivity index (χ1) is 12.1. The van der Waals surface area contributed by atoms with E-state index in [1.807, 2.05) is 19.1 Å². The second-order valence-corrected chi connectivity index (χ2v) is 7.99. The van der Waals surface area contributed by atoms with Gasteiger partial charge in [0.25, 0.3) is 0 Å². The van der Waals surface area contributed by atoms with Crippen LogP contribution < -0.4 is 5.73 Å². The summed E-state index contributed by atoms with van der Waals surface area (Å²) in [5.41, 5.74) is 8.76. The highest BCUT2D eigenvalue weighted by molar-refractivity contribution is 6.30. The second kappa shape index (κ2) is 9.15. The van der Waals surface area contributed by atoms with Gasteiger partial charge in [0, 0.05) is 42.9 Å². The largest absolute Gasteiger partial charge is 0.444 e. The number of halogens is 3. The van der Waals surface area contributed by atoms with Crippen LogP contribution in [0.1, 0.15) is 48.6 Å². The van der Waals surface area contributed by atoms with Crippen molar-refractivity contribution in [2.75, 3.05) is 13.1 Å². The molecule has 1 aromatic heterocycles. The maximum Gasteiger partial charge on any atom is 0.191 e. The van der Waals surface area contributed by atoms with Crippen molar-refractivity contribution in [1.82, 2.24) is 9.88 Å². The Kier molecular flexibility index (Phi) is 7.62. The van der Waals surface area contributed by atoms with E-state index in [0.717, 1.165) is 54.7 Å². The minimum atomic E-state index is 0. The van der Waals surface area contributed by atoms with E-state index in [1.165, 1.54) is 18.4 Å². The maximum absolute atomic E-state index is 6.23. The Balaban J connectivity index is 0.00000131. The van der Waals surface area contributed by atoms with Gasteiger partial charge >= 0.3 is 0 Å². The summed E-state index contributed by atoms with van der Waals surface area (Å²) in [7, 11) is 0. The quantitative estimate of drug-likeness (QED) is 0.765. The van der Waals surface area contributed by atoms with Gasteiger partial charge in [0.05, 0.1) is 12.2 Å².